The molecule has 0 aromatic heterocycles. The smallest absolute Gasteiger partial charge is 0.254 e. The van der Waals surface area contributed by atoms with Crippen LogP contribution in [0.1, 0.15) is 29.3 Å². The molecule has 18 heavy (non-hydrogen) atoms. The predicted octanol–water partition coefficient (Wildman–Crippen LogP) is 1.95. The lowest BCUT2D eigenvalue weighted by Gasteiger charge is -2.32. The second-order valence-electron chi connectivity index (χ2n) is 4.60. The number of phenolic OH excluding ortho intramolecular Hbond substituents is 1. The minimum absolute atomic E-state index is 0.0230. The quantitative estimate of drug-likeness (QED) is 0.871. The number of ether oxygens (including phenoxy) is 1. The Labute approximate surface area is 107 Å². The SMILES string of the molecule is CCC1CN(C(=O)c2cccc(O)c2C)CCO1. The Bertz CT molecular complexity index is 445. The van der Waals surface area contributed by atoms with Crippen LogP contribution in [0.3, 0.4) is 0 Å². The number of hydrogen-bond donors (Lipinski definition) is 1. The molecule has 0 bridgehead atoms. The number of benzene rings is 1. The van der Waals surface area contributed by atoms with Crippen molar-refractivity contribution in [2.24, 2.45) is 0 Å². The fourth-order valence-corrected chi connectivity index (χ4v) is 2.18. The average molecular weight is 249 g/mol. The molecule has 1 aliphatic heterocycles. The summed E-state index contributed by atoms with van der Waals surface area (Å²) in [4.78, 5) is 14.2. The van der Waals surface area contributed by atoms with Crippen molar-refractivity contribution in [3.05, 3.63) is 29.3 Å². The summed E-state index contributed by atoms with van der Waals surface area (Å²) in [6, 6.07) is 5.06. The largest absolute Gasteiger partial charge is 0.508 e. The third-order valence-corrected chi connectivity index (χ3v) is 3.42. The van der Waals surface area contributed by atoms with Crippen molar-refractivity contribution in [3.63, 3.8) is 0 Å². The number of morpholine rings is 1. The van der Waals surface area contributed by atoms with Gasteiger partial charge in [0.05, 0.1) is 12.7 Å². The zero-order valence-electron chi connectivity index (χ0n) is 10.8. The maximum Gasteiger partial charge on any atom is 0.254 e. The van der Waals surface area contributed by atoms with Crippen LogP contribution in [0.2, 0.25) is 0 Å². The molecule has 0 saturated carbocycles. The Morgan fingerprint density at radius 2 is 2.33 bits per heavy atom. The minimum atomic E-state index is -0.0230. The first-order chi connectivity index (χ1) is 8.63. The molecule has 1 aromatic rings. The molecule has 2 rings (SSSR count). The van der Waals surface area contributed by atoms with Crippen molar-refractivity contribution in [2.75, 3.05) is 19.7 Å². The van der Waals surface area contributed by atoms with Crippen LogP contribution in [0.25, 0.3) is 0 Å². The van der Waals surface area contributed by atoms with Crippen LogP contribution in [0.5, 0.6) is 5.75 Å². The average Bonchev–Trinajstić information content (AvgIpc) is 2.41. The van der Waals surface area contributed by atoms with Gasteiger partial charge in [0, 0.05) is 24.2 Å². The molecule has 0 aliphatic carbocycles. The summed E-state index contributed by atoms with van der Waals surface area (Å²) in [6.07, 6.45) is 1.03. The van der Waals surface area contributed by atoms with E-state index < -0.39 is 0 Å². The van der Waals surface area contributed by atoms with Crippen molar-refractivity contribution >= 4 is 5.91 Å². The summed E-state index contributed by atoms with van der Waals surface area (Å²) in [5, 5.41) is 9.65. The first kappa shape index (κ1) is 12.9. The normalized spacial score (nSPS) is 19.9. The molecule has 1 atom stereocenters. The third kappa shape index (κ3) is 2.48. The van der Waals surface area contributed by atoms with E-state index in [-0.39, 0.29) is 17.8 Å². The second kappa shape index (κ2) is 5.40. The fourth-order valence-electron chi connectivity index (χ4n) is 2.18. The molecule has 1 aromatic carbocycles. The van der Waals surface area contributed by atoms with Crippen LogP contribution in [0.15, 0.2) is 18.2 Å². The van der Waals surface area contributed by atoms with Gasteiger partial charge in [0.2, 0.25) is 0 Å². The van der Waals surface area contributed by atoms with E-state index in [4.69, 9.17) is 4.74 Å². The first-order valence-electron chi connectivity index (χ1n) is 6.33. The molecule has 0 radical (unpaired) electrons. The van der Waals surface area contributed by atoms with Gasteiger partial charge in [0.15, 0.2) is 0 Å². The van der Waals surface area contributed by atoms with E-state index >= 15 is 0 Å². The molecule has 1 N–H and O–H groups in total. The number of carbonyl (C=O) groups excluding carboxylic acids is 1. The zero-order chi connectivity index (χ0) is 13.1. The summed E-state index contributed by atoms with van der Waals surface area (Å²) in [7, 11) is 0. The van der Waals surface area contributed by atoms with Crippen LogP contribution >= 0.6 is 0 Å². The topological polar surface area (TPSA) is 49.8 Å². The molecule has 1 unspecified atom stereocenters. The van der Waals surface area contributed by atoms with Crippen molar-refractivity contribution in [3.8, 4) is 5.75 Å². The van der Waals surface area contributed by atoms with Crippen LogP contribution < -0.4 is 0 Å². The number of rotatable bonds is 2. The Hall–Kier alpha value is -1.55. The molecule has 1 heterocycles. The summed E-state index contributed by atoms with van der Waals surface area (Å²) >= 11 is 0. The number of aromatic hydroxyl groups is 1. The van der Waals surface area contributed by atoms with E-state index in [9.17, 15) is 9.90 Å². The molecule has 4 nitrogen and oxygen atoms in total. The number of hydrogen-bond acceptors (Lipinski definition) is 3. The van der Waals surface area contributed by atoms with Crippen LogP contribution in [0, 0.1) is 6.92 Å². The monoisotopic (exact) mass is 249 g/mol. The molecular formula is C14H19NO3. The highest BCUT2D eigenvalue weighted by Gasteiger charge is 2.25. The number of phenols is 1. The third-order valence-electron chi connectivity index (χ3n) is 3.42. The molecule has 1 amide bonds. The Morgan fingerprint density at radius 3 is 3.06 bits per heavy atom. The summed E-state index contributed by atoms with van der Waals surface area (Å²) in [5.41, 5.74) is 1.22. The predicted molar refractivity (Wildman–Crippen MR) is 68.8 cm³/mol. The van der Waals surface area contributed by atoms with Crippen molar-refractivity contribution < 1.29 is 14.6 Å². The van der Waals surface area contributed by atoms with Gasteiger partial charge in [0.1, 0.15) is 5.75 Å². The number of nitrogens with zero attached hydrogens (tertiary/aromatic N) is 1. The van der Waals surface area contributed by atoms with Gasteiger partial charge < -0.3 is 14.7 Å². The van der Waals surface area contributed by atoms with Gasteiger partial charge in [-0.25, -0.2) is 0 Å². The maximum absolute atomic E-state index is 12.4. The molecule has 1 aliphatic rings. The lowest BCUT2D eigenvalue weighted by Crippen LogP contribution is -2.45. The Kier molecular flexibility index (Phi) is 3.87. The lowest BCUT2D eigenvalue weighted by atomic mass is 10.1. The van der Waals surface area contributed by atoms with Crippen molar-refractivity contribution in [2.45, 2.75) is 26.4 Å². The van der Waals surface area contributed by atoms with Crippen molar-refractivity contribution in [1.82, 2.24) is 4.90 Å². The van der Waals surface area contributed by atoms with Crippen LogP contribution in [-0.2, 0) is 4.74 Å². The van der Waals surface area contributed by atoms with E-state index in [1.807, 2.05) is 0 Å². The lowest BCUT2D eigenvalue weighted by molar-refractivity contribution is -0.0226. The van der Waals surface area contributed by atoms with Gasteiger partial charge in [0.25, 0.3) is 5.91 Å². The number of amides is 1. The van der Waals surface area contributed by atoms with Gasteiger partial charge in [-0.1, -0.05) is 13.0 Å². The number of carbonyl (C=O) groups is 1. The second-order valence-corrected chi connectivity index (χ2v) is 4.60. The van der Waals surface area contributed by atoms with Crippen molar-refractivity contribution in [1.29, 1.82) is 0 Å². The zero-order valence-corrected chi connectivity index (χ0v) is 10.8. The van der Waals surface area contributed by atoms with Crippen LogP contribution in [0.4, 0.5) is 0 Å². The van der Waals surface area contributed by atoms with Gasteiger partial charge >= 0.3 is 0 Å². The van der Waals surface area contributed by atoms with E-state index in [0.717, 1.165) is 6.42 Å². The highest BCUT2D eigenvalue weighted by atomic mass is 16.5. The van der Waals surface area contributed by atoms with E-state index in [1.165, 1.54) is 0 Å². The Morgan fingerprint density at radius 1 is 1.56 bits per heavy atom. The maximum atomic E-state index is 12.4. The Balaban J connectivity index is 2.18. The highest BCUT2D eigenvalue weighted by Crippen LogP contribution is 2.22. The molecule has 1 saturated heterocycles. The van der Waals surface area contributed by atoms with E-state index in [2.05, 4.69) is 6.92 Å². The molecule has 98 valence electrons. The summed E-state index contributed by atoms with van der Waals surface area (Å²) in [6.45, 7) is 5.65. The highest BCUT2D eigenvalue weighted by molar-refractivity contribution is 5.96. The summed E-state index contributed by atoms with van der Waals surface area (Å²) in [5.74, 6) is 0.145. The first-order valence-corrected chi connectivity index (χ1v) is 6.33. The van der Waals surface area contributed by atoms with Gasteiger partial charge in [-0.3, -0.25) is 4.79 Å². The van der Waals surface area contributed by atoms with E-state index in [1.54, 1.807) is 30.0 Å². The van der Waals surface area contributed by atoms with Gasteiger partial charge in [-0.15, -0.1) is 0 Å². The molecule has 1 fully saturated rings. The van der Waals surface area contributed by atoms with Gasteiger partial charge in [-0.2, -0.15) is 0 Å². The summed E-state index contributed by atoms with van der Waals surface area (Å²) < 4.78 is 5.55. The fraction of sp³-hybridized carbons (Fsp3) is 0.500. The van der Waals surface area contributed by atoms with E-state index in [0.29, 0.717) is 30.8 Å². The van der Waals surface area contributed by atoms with Gasteiger partial charge in [-0.05, 0) is 25.5 Å². The molecular weight excluding hydrogens is 230 g/mol. The van der Waals surface area contributed by atoms with Crippen LogP contribution in [-0.4, -0.2) is 41.7 Å². The minimum Gasteiger partial charge on any atom is -0.508 e. The standard InChI is InChI=1S/C14H19NO3/c1-3-11-9-15(7-8-18-11)14(17)12-5-4-6-13(16)10(12)2/h4-6,11,16H,3,7-9H2,1-2H3. The molecule has 0 spiro atoms. The molecule has 4 heteroatoms.